The summed E-state index contributed by atoms with van der Waals surface area (Å²) in [6.45, 7) is 1.57. The minimum Gasteiger partial charge on any atom is -0.493 e. The van der Waals surface area contributed by atoms with Gasteiger partial charge >= 0.3 is 5.97 Å². The maximum Gasteiger partial charge on any atom is 0.341 e. The van der Waals surface area contributed by atoms with E-state index < -0.39 is 12.6 Å². The third kappa shape index (κ3) is 4.99. The second-order valence-electron chi connectivity index (χ2n) is 4.95. The third-order valence-corrected chi connectivity index (χ3v) is 3.64. The van der Waals surface area contributed by atoms with Gasteiger partial charge in [0.1, 0.15) is 0 Å². The molecule has 2 N–H and O–H groups in total. The molecule has 0 amide bonds. The van der Waals surface area contributed by atoms with Crippen LogP contribution < -0.4 is 14.9 Å². The lowest BCUT2D eigenvalue weighted by Gasteiger charge is -2.12. The summed E-state index contributed by atoms with van der Waals surface area (Å²) in [5.41, 5.74) is 5.76. The summed E-state index contributed by atoms with van der Waals surface area (Å²) in [5, 5.41) is 12.9. The summed E-state index contributed by atoms with van der Waals surface area (Å²) in [6.07, 6.45) is 1.63. The molecule has 2 aromatic carbocycles. The normalized spacial score (nSPS) is 10.6. The Morgan fingerprint density at radius 1 is 1.33 bits per heavy atom. The number of carboxylic acid groups (broad SMARTS) is 1. The van der Waals surface area contributed by atoms with E-state index >= 15 is 0 Å². The van der Waals surface area contributed by atoms with Crippen LogP contribution in [0.2, 0.25) is 0 Å². The first-order valence-electron chi connectivity index (χ1n) is 7.07. The Balaban J connectivity index is 2.12. The van der Waals surface area contributed by atoms with Crippen molar-refractivity contribution in [3.8, 4) is 11.5 Å². The van der Waals surface area contributed by atoms with Crippen molar-refractivity contribution in [1.29, 1.82) is 0 Å². The Morgan fingerprint density at radius 3 is 2.67 bits per heavy atom. The number of rotatable bonds is 7. The predicted molar refractivity (Wildman–Crippen MR) is 96.2 cm³/mol. The maximum atomic E-state index is 10.6. The first-order chi connectivity index (χ1) is 11.5. The molecule has 0 aliphatic rings. The molecule has 0 radical (unpaired) electrons. The van der Waals surface area contributed by atoms with E-state index in [1.54, 1.807) is 18.3 Å². The molecule has 126 valence electrons. The molecule has 0 aliphatic heterocycles. The fourth-order valence-electron chi connectivity index (χ4n) is 1.90. The van der Waals surface area contributed by atoms with Gasteiger partial charge in [0.05, 0.1) is 23.5 Å². The largest absolute Gasteiger partial charge is 0.493 e. The van der Waals surface area contributed by atoms with Gasteiger partial charge in [-0.05, 0) is 52.7 Å². The van der Waals surface area contributed by atoms with Crippen LogP contribution in [0.5, 0.6) is 11.5 Å². The number of nitrogens with zero attached hydrogens (tertiary/aromatic N) is 1. The smallest absolute Gasteiger partial charge is 0.341 e. The molecule has 0 unspecified atom stereocenters. The van der Waals surface area contributed by atoms with Crippen LogP contribution in [0.25, 0.3) is 0 Å². The number of hydrazone groups is 1. The van der Waals surface area contributed by atoms with Crippen molar-refractivity contribution >= 4 is 33.8 Å². The molecule has 24 heavy (non-hydrogen) atoms. The van der Waals surface area contributed by atoms with Crippen LogP contribution in [-0.4, -0.2) is 31.0 Å². The monoisotopic (exact) mass is 392 g/mol. The third-order valence-electron chi connectivity index (χ3n) is 3.05. The first-order valence-corrected chi connectivity index (χ1v) is 7.86. The lowest BCUT2D eigenvalue weighted by Crippen LogP contribution is -2.10. The standard InChI is InChI=1S/C17H17BrN2O4/c1-11-3-5-13(6-4-11)20-19-9-12-7-14(18)17(15(8-12)23-2)24-10-16(21)22/h3-9,20H,10H2,1-2H3,(H,21,22)/b19-9-. The topological polar surface area (TPSA) is 80.1 Å². The number of methoxy groups -OCH3 is 1. The zero-order valence-electron chi connectivity index (χ0n) is 13.2. The highest BCUT2D eigenvalue weighted by atomic mass is 79.9. The lowest BCUT2D eigenvalue weighted by molar-refractivity contribution is -0.139. The van der Waals surface area contributed by atoms with Crippen molar-refractivity contribution in [2.75, 3.05) is 19.1 Å². The summed E-state index contributed by atoms with van der Waals surface area (Å²) in [4.78, 5) is 10.6. The fraction of sp³-hybridized carbons (Fsp3) is 0.176. The molecule has 0 spiro atoms. The van der Waals surface area contributed by atoms with E-state index in [2.05, 4.69) is 26.5 Å². The predicted octanol–water partition coefficient (Wildman–Crippen LogP) is 3.68. The van der Waals surface area contributed by atoms with Gasteiger partial charge in [-0.2, -0.15) is 5.10 Å². The van der Waals surface area contributed by atoms with Crippen LogP contribution in [0.1, 0.15) is 11.1 Å². The van der Waals surface area contributed by atoms with Crippen LogP contribution in [-0.2, 0) is 4.79 Å². The second kappa shape index (κ2) is 8.35. The molecule has 0 aromatic heterocycles. The molecule has 2 aromatic rings. The quantitative estimate of drug-likeness (QED) is 0.554. The van der Waals surface area contributed by atoms with E-state index in [4.69, 9.17) is 14.6 Å². The van der Waals surface area contributed by atoms with E-state index in [9.17, 15) is 4.79 Å². The van der Waals surface area contributed by atoms with E-state index in [1.807, 2.05) is 31.2 Å². The van der Waals surface area contributed by atoms with E-state index in [0.29, 0.717) is 16.0 Å². The van der Waals surface area contributed by atoms with Crippen LogP contribution in [0.4, 0.5) is 5.69 Å². The van der Waals surface area contributed by atoms with Crippen molar-refractivity contribution < 1.29 is 19.4 Å². The first kappa shape index (κ1) is 17.8. The molecule has 0 bridgehead atoms. The van der Waals surface area contributed by atoms with Gasteiger partial charge in [-0.25, -0.2) is 4.79 Å². The number of aliphatic carboxylic acids is 1. The number of carboxylic acids is 1. The summed E-state index contributed by atoms with van der Waals surface area (Å²) < 4.78 is 11.1. The highest BCUT2D eigenvalue weighted by molar-refractivity contribution is 9.10. The number of ether oxygens (including phenoxy) is 2. The average molecular weight is 393 g/mol. The van der Waals surface area contributed by atoms with Crippen LogP contribution in [0.3, 0.4) is 0 Å². The average Bonchev–Trinajstić information content (AvgIpc) is 2.55. The Kier molecular flexibility index (Phi) is 6.20. The Bertz CT molecular complexity index is 745. The second-order valence-corrected chi connectivity index (χ2v) is 5.81. The molecular weight excluding hydrogens is 376 g/mol. The molecule has 7 heteroatoms. The minimum absolute atomic E-state index is 0.337. The van der Waals surface area contributed by atoms with E-state index in [0.717, 1.165) is 11.3 Å². The molecular formula is C17H17BrN2O4. The van der Waals surface area contributed by atoms with Gasteiger partial charge in [0.25, 0.3) is 0 Å². The fourth-order valence-corrected chi connectivity index (χ4v) is 2.47. The zero-order chi connectivity index (χ0) is 17.5. The van der Waals surface area contributed by atoms with Crippen molar-refractivity contribution in [2.24, 2.45) is 5.10 Å². The van der Waals surface area contributed by atoms with Crippen LogP contribution in [0, 0.1) is 6.92 Å². The van der Waals surface area contributed by atoms with Gasteiger partial charge in [0.2, 0.25) is 0 Å². The minimum atomic E-state index is -1.06. The van der Waals surface area contributed by atoms with Gasteiger partial charge in [-0.3, -0.25) is 5.43 Å². The number of hydrogen-bond acceptors (Lipinski definition) is 5. The van der Waals surface area contributed by atoms with Crippen molar-refractivity contribution in [1.82, 2.24) is 0 Å². The van der Waals surface area contributed by atoms with Gasteiger partial charge < -0.3 is 14.6 Å². The molecule has 0 heterocycles. The highest BCUT2D eigenvalue weighted by Crippen LogP contribution is 2.36. The van der Waals surface area contributed by atoms with Gasteiger partial charge in [-0.15, -0.1) is 0 Å². The van der Waals surface area contributed by atoms with Gasteiger partial charge in [0.15, 0.2) is 18.1 Å². The molecule has 0 atom stereocenters. The lowest BCUT2D eigenvalue weighted by atomic mass is 10.2. The number of nitrogens with one attached hydrogen (secondary N) is 1. The summed E-state index contributed by atoms with van der Waals surface area (Å²) in [7, 11) is 1.49. The van der Waals surface area contributed by atoms with Crippen molar-refractivity contribution in [3.63, 3.8) is 0 Å². The van der Waals surface area contributed by atoms with Crippen LogP contribution in [0.15, 0.2) is 46.0 Å². The highest BCUT2D eigenvalue weighted by Gasteiger charge is 2.12. The number of carbonyl (C=O) groups is 1. The number of anilines is 1. The summed E-state index contributed by atoms with van der Waals surface area (Å²) >= 11 is 3.35. The SMILES string of the molecule is COc1cc(/C=N\Nc2ccc(C)cc2)cc(Br)c1OCC(=O)O. The molecule has 0 fully saturated rings. The number of hydrogen-bond donors (Lipinski definition) is 2. The molecule has 0 aliphatic carbocycles. The van der Waals surface area contributed by atoms with Crippen molar-refractivity contribution in [2.45, 2.75) is 6.92 Å². The number of benzene rings is 2. The Hall–Kier alpha value is -2.54. The number of halogens is 1. The molecule has 6 nitrogen and oxygen atoms in total. The summed E-state index contributed by atoms with van der Waals surface area (Å²) in [5.74, 6) is -0.303. The number of aryl methyl sites for hydroxylation is 1. The van der Waals surface area contributed by atoms with E-state index in [-0.39, 0.29) is 0 Å². The Morgan fingerprint density at radius 2 is 2.04 bits per heavy atom. The van der Waals surface area contributed by atoms with Crippen LogP contribution >= 0.6 is 15.9 Å². The molecule has 0 saturated heterocycles. The summed E-state index contributed by atoms with van der Waals surface area (Å²) in [6, 6.07) is 11.3. The van der Waals surface area contributed by atoms with E-state index in [1.165, 1.54) is 12.7 Å². The molecule has 2 rings (SSSR count). The van der Waals surface area contributed by atoms with Crippen molar-refractivity contribution in [3.05, 3.63) is 52.0 Å². The maximum absolute atomic E-state index is 10.6. The van der Waals surface area contributed by atoms with Gasteiger partial charge in [-0.1, -0.05) is 17.7 Å². The zero-order valence-corrected chi connectivity index (χ0v) is 14.8. The Labute approximate surface area is 148 Å². The molecule has 0 saturated carbocycles. The van der Waals surface area contributed by atoms with Gasteiger partial charge in [0, 0.05) is 0 Å².